The van der Waals surface area contributed by atoms with Gasteiger partial charge in [-0.1, -0.05) is 35.9 Å². The number of Topliss-reactive ketones (excluding diaryl/α,β-unsaturated/α-hetero) is 1. The van der Waals surface area contributed by atoms with Gasteiger partial charge in [0.05, 0.1) is 12.1 Å². The van der Waals surface area contributed by atoms with Crippen molar-refractivity contribution in [1.82, 2.24) is 30.0 Å². The summed E-state index contributed by atoms with van der Waals surface area (Å²) in [6, 6.07) is 11.7. The van der Waals surface area contributed by atoms with Crippen LogP contribution in [0.5, 0.6) is 0 Å². The molecule has 0 radical (unpaired) electrons. The number of halogens is 2. The standard InChI is InChI=1S/C32H30ClFN6O3/c1-17(23-6-4-5-7-25(23)33)26(34)15-37-32(43)29-12-21-11-28(21)40(29)30(42)16-39-27-9-8-20(22-13-35-19(3)36-14-22)10-24(27)31(38-39)18(2)41/h4-10,13-14,21,28-29H,11-12,15-16H2,1-3H3,(H,37,43)/t21-,28-,29+/m1/s1. The Kier molecular flexibility index (Phi) is 7.56. The van der Waals surface area contributed by atoms with Gasteiger partial charge >= 0.3 is 0 Å². The quantitative estimate of drug-likeness (QED) is 0.280. The topological polar surface area (TPSA) is 110 Å². The van der Waals surface area contributed by atoms with Gasteiger partial charge in [0.1, 0.15) is 29.9 Å². The molecule has 220 valence electrons. The first-order chi connectivity index (χ1) is 20.6. The number of hydrogen-bond acceptors (Lipinski definition) is 6. The van der Waals surface area contributed by atoms with Gasteiger partial charge in [-0.15, -0.1) is 0 Å². The number of piperidine rings is 1. The van der Waals surface area contributed by atoms with Crippen LogP contribution >= 0.6 is 11.6 Å². The van der Waals surface area contributed by atoms with E-state index < -0.39 is 17.8 Å². The second kappa shape index (κ2) is 11.3. The van der Waals surface area contributed by atoms with Crippen molar-refractivity contribution in [3.8, 4) is 11.1 Å². The molecule has 0 spiro atoms. The Hall–Kier alpha value is -4.44. The molecule has 3 atom stereocenters. The number of carbonyl (C=O) groups is 3. The van der Waals surface area contributed by atoms with Gasteiger partial charge < -0.3 is 10.2 Å². The minimum absolute atomic E-state index is 0.0317. The van der Waals surface area contributed by atoms with Crippen LogP contribution in [0.3, 0.4) is 0 Å². The molecule has 2 aliphatic rings. The average Bonchev–Trinajstić information content (AvgIpc) is 3.50. The van der Waals surface area contributed by atoms with Crippen LogP contribution < -0.4 is 5.32 Å². The van der Waals surface area contributed by atoms with E-state index in [1.54, 1.807) is 55.4 Å². The molecule has 2 aromatic heterocycles. The fourth-order valence-electron chi connectivity index (χ4n) is 5.87. The zero-order valence-corrected chi connectivity index (χ0v) is 24.7. The van der Waals surface area contributed by atoms with Crippen LogP contribution in [0.4, 0.5) is 4.39 Å². The van der Waals surface area contributed by atoms with Crippen LogP contribution in [0.1, 0.15) is 48.6 Å². The third kappa shape index (κ3) is 5.54. The molecule has 43 heavy (non-hydrogen) atoms. The van der Waals surface area contributed by atoms with Gasteiger partial charge in [0.15, 0.2) is 5.78 Å². The summed E-state index contributed by atoms with van der Waals surface area (Å²) in [6.45, 7) is 4.42. The van der Waals surface area contributed by atoms with Crippen LogP contribution in [0, 0.1) is 12.8 Å². The highest BCUT2D eigenvalue weighted by atomic mass is 35.5. The number of allylic oxidation sites excluding steroid dienone is 1. The van der Waals surface area contributed by atoms with Gasteiger partial charge in [-0.05, 0) is 67.5 Å². The number of amides is 2. The molecular formula is C32H30ClFN6O3. The number of nitrogens with zero attached hydrogens (tertiary/aromatic N) is 5. The van der Waals surface area contributed by atoms with E-state index in [4.69, 9.17) is 11.6 Å². The monoisotopic (exact) mass is 600 g/mol. The maximum atomic E-state index is 15.0. The number of fused-ring (bicyclic) bond motifs is 2. The Balaban J connectivity index is 1.20. The number of nitrogens with one attached hydrogen (secondary N) is 1. The average molecular weight is 601 g/mol. The van der Waals surface area contributed by atoms with E-state index >= 15 is 0 Å². The molecule has 3 heterocycles. The summed E-state index contributed by atoms with van der Waals surface area (Å²) in [5.74, 6) is -0.506. The number of rotatable bonds is 8. The summed E-state index contributed by atoms with van der Waals surface area (Å²) in [5.41, 5.74) is 3.41. The highest BCUT2D eigenvalue weighted by Gasteiger charge is 2.56. The van der Waals surface area contributed by atoms with Crippen molar-refractivity contribution >= 4 is 45.7 Å². The zero-order valence-electron chi connectivity index (χ0n) is 24.0. The summed E-state index contributed by atoms with van der Waals surface area (Å²) in [4.78, 5) is 49.5. The van der Waals surface area contributed by atoms with Gasteiger partial charge in [0.25, 0.3) is 0 Å². The molecule has 1 saturated heterocycles. The highest BCUT2D eigenvalue weighted by Crippen LogP contribution is 2.48. The Morgan fingerprint density at radius 2 is 1.79 bits per heavy atom. The first-order valence-corrected chi connectivity index (χ1v) is 14.5. The normalized spacial score (nSPS) is 19.7. The molecule has 1 saturated carbocycles. The number of likely N-dealkylation sites (tertiary alicyclic amines) is 1. The number of ketones is 1. The van der Waals surface area contributed by atoms with E-state index in [1.807, 2.05) is 18.2 Å². The summed E-state index contributed by atoms with van der Waals surface area (Å²) in [6.07, 6.45) is 4.79. The van der Waals surface area contributed by atoms with Gasteiger partial charge in [-0.25, -0.2) is 14.4 Å². The molecule has 0 unspecified atom stereocenters. The number of benzene rings is 2. The summed E-state index contributed by atoms with van der Waals surface area (Å²) >= 11 is 6.20. The predicted octanol–water partition coefficient (Wildman–Crippen LogP) is 5.16. The largest absolute Gasteiger partial charge is 0.348 e. The molecule has 6 rings (SSSR count). The number of aryl methyl sites for hydroxylation is 1. The lowest BCUT2D eigenvalue weighted by molar-refractivity contribution is -0.140. The van der Waals surface area contributed by atoms with Crippen molar-refractivity contribution in [2.75, 3.05) is 6.54 Å². The summed E-state index contributed by atoms with van der Waals surface area (Å²) in [5, 5.41) is 8.21. The zero-order chi connectivity index (χ0) is 30.4. The van der Waals surface area contributed by atoms with Crippen molar-refractivity contribution in [1.29, 1.82) is 0 Å². The van der Waals surface area contributed by atoms with Crippen LogP contribution in [0.15, 0.2) is 60.7 Å². The van der Waals surface area contributed by atoms with Crippen molar-refractivity contribution in [3.63, 3.8) is 0 Å². The molecule has 11 heteroatoms. The van der Waals surface area contributed by atoms with Crippen LogP contribution in [0.2, 0.25) is 5.02 Å². The van der Waals surface area contributed by atoms with Gasteiger partial charge in [-0.3, -0.25) is 19.1 Å². The molecule has 2 aromatic carbocycles. The minimum Gasteiger partial charge on any atom is -0.348 e. The second-order valence-corrected chi connectivity index (χ2v) is 11.6. The smallest absolute Gasteiger partial charge is 0.245 e. The minimum atomic E-state index is -0.702. The first kappa shape index (κ1) is 28.7. The summed E-state index contributed by atoms with van der Waals surface area (Å²) < 4.78 is 16.5. The molecule has 2 amide bonds. The highest BCUT2D eigenvalue weighted by molar-refractivity contribution is 6.32. The SMILES string of the molecule is CC(=O)c1nn(CC(=O)N2[C@@H]3C[C@@H]3C[C@H]2C(=O)NCC(F)=C(C)c2ccccc2Cl)c2ccc(-c3cnc(C)nc3)cc12. The maximum absolute atomic E-state index is 15.0. The van der Waals surface area contributed by atoms with E-state index in [0.717, 1.165) is 17.5 Å². The Morgan fingerprint density at radius 1 is 1.05 bits per heavy atom. The fraction of sp³-hybridized carbons (Fsp3) is 0.312. The van der Waals surface area contributed by atoms with Crippen molar-refractivity contribution in [2.24, 2.45) is 5.92 Å². The maximum Gasteiger partial charge on any atom is 0.245 e. The lowest BCUT2D eigenvalue weighted by atomic mass is 10.0. The number of aromatic nitrogens is 4. The van der Waals surface area contributed by atoms with Gasteiger partial charge in [-0.2, -0.15) is 5.10 Å². The van der Waals surface area contributed by atoms with Crippen molar-refractivity contribution < 1.29 is 18.8 Å². The summed E-state index contributed by atoms with van der Waals surface area (Å²) in [7, 11) is 0. The lowest BCUT2D eigenvalue weighted by Gasteiger charge is -2.27. The Labute approximate surface area is 252 Å². The molecule has 0 bridgehead atoms. The fourth-order valence-corrected chi connectivity index (χ4v) is 6.14. The number of hydrogen-bond donors (Lipinski definition) is 1. The van der Waals surface area contributed by atoms with Crippen LogP contribution in [-0.2, 0) is 16.1 Å². The Morgan fingerprint density at radius 3 is 2.51 bits per heavy atom. The van der Waals surface area contributed by atoms with E-state index in [-0.39, 0.29) is 42.4 Å². The van der Waals surface area contributed by atoms with E-state index in [0.29, 0.717) is 39.3 Å². The molecule has 9 nitrogen and oxygen atoms in total. The third-order valence-electron chi connectivity index (χ3n) is 8.28. The van der Waals surface area contributed by atoms with Crippen LogP contribution in [-0.4, -0.2) is 60.9 Å². The third-order valence-corrected chi connectivity index (χ3v) is 8.61. The van der Waals surface area contributed by atoms with E-state index in [2.05, 4.69) is 20.4 Å². The Bertz CT molecular complexity index is 1800. The van der Waals surface area contributed by atoms with Crippen molar-refractivity contribution in [2.45, 2.75) is 52.2 Å². The van der Waals surface area contributed by atoms with Crippen LogP contribution in [0.25, 0.3) is 27.6 Å². The molecular weight excluding hydrogens is 571 g/mol. The lowest BCUT2D eigenvalue weighted by Crippen LogP contribution is -2.49. The molecule has 1 aliphatic heterocycles. The molecule has 1 N–H and O–H groups in total. The van der Waals surface area contributed by atoms with Gasteiger partial charge in [0, 0.05) is 41.3 Å². The van der Waals surface area contributed by atoms with Crippen molar-refractivity contribution in [3.05, 3.63) is 82.8 Å². The predicted molar refractivity (Wildman–Crippen MR) is 161 cm³/mol. The molecule has 2 fully saturated rings. The molecule has 4 aromatic rings. The molecule has 1 aliphatic carbocycles. The second-order valence-electron chi connectivity index (χ2n) is 11.2. The van der Waals surface area contributed by atoms with E-state index in [1.165, 1.54) is 11.6 Å². The van der Waals surface area contributed by atoms with E-state index in [9.17, 15) is 18.8 Å². The van der Waals surface area contributed by atoms with Gasteiger partial charge in [0.2, 0.25) is 11.8 Å². The first-order valence-electron chi connectivity index (χ1n) is 14.1. The number of carbonyl (C=O) groups excluding carboxylic acids is 3.